The average molecular weight is 963 g/mol. The lowest BCUT2D eigenvalue weighted by Crippen LogP contribution is -2.88. The first-order valence-electron chi connectivity index (χ1n) is 28.1. The minimum atomic E-state index is 0.196. The van der Waals surface area contributed by atoms with Gasteiger partial charge < -0.3 is 9.47 Å². The highest BCUT2D eigenvalue weighted by molar-refractivity contribution is 6.10. The Labute approximate surface area is 439 Å². The highest BCUT2D eigenvalue weighted by Crippen LogP contribution is 2.94. The maximum absolute atomic E-state index is 2.63. The average Bonchev–Trinajstić information content (AvgIpc) is 3.98. The van der Waals surface area contributed by atoms with Crippen LogP contribution < -0.4 is 4.90 Å². The number of hydrogen-bond acceptors (Lipinski definition) is 1. The molecule has 11 aromatic rings. The standard InChI is InChI=1S/C73H58N2/c1-3-16-47(17-4-1)57-27-14-18-48-19-15-28-63(71(48)57)61-26-9-11-30-66(61)74(56-23-13-20-49(40-56)51-35-39-62-60-25-8-12-31-67(60)75(68(62)42-51)54-21-5-2-6-22-54)55-36-32-46(33-37-55)50-34-38-59-58-24-7-10-29-64(58)73(65(59)41-50)69-44-52-43-53-45-70(73)72(52,53)69/h2,5-15,18-42,47,52-53,69-70H,1,3-4,16-17,43-45H2. The van der Waals surface area contributed by atoms with Crippen molar-refractivity contribution in [2.45, 2.75) is 62.7 Å². The normalized spacial score (nSPS) is 23.6. The number of benzene rings is 10. The summed E-state index contributed by atoms with van der Waals surface area (Å²) in [6, 6.07) is 85.7. The van der Waals surface area contributed by atoms with Crippen molar-refractivity contribution >= 4 is 49.6 Å². The lowest BCUT2D eigenvalue weighted by Gasteiger charge is -2.92. The molecule has 0 saturated heterocycles. The van der Waals surface area contributed by atoms with E-state index in [0.29, 0.717) is 11.3 Å². The van der Waals surface area contributed by atoms with Crippen LogP contribution in [-0.2, 0) is 5.41 Å². The molecule has 6 aliphatic rings. The predicted octanol–water partition coefficient (Wildman–Crippen LogP) is 19.4. The first kappa shape index (κ1) is 42.4. The highest BCUT2D eigenvalue weighted by Gasteiger charge is 2.90. The Hall–Kier alpha value is -7.94. The van der Waals surface area contributed by atoms with Gasteiger partial charge in [-0.25, -0.2) is 0 Å². The van der Waals surface area contributed by atoms with Crippen LogP contribution in [0.3, 0.4) is 0 Å². The number of anilines is 3. The van der Waals surface area contributed by atoms with Crippen LogP contribution in [0.5, 0.6) is 0 Å². The van der Waals surface area contributed by atoms with Crippen molar-refractivity contribution in [3.8, 4) is 50.2 Å². The van der Waals surface area contributed by atoms with Crippen molar-refractivity contribution in [3.63, 3.8) is 0 Å². The third-order valence-electron chi connectivity index (χ3n) is 20.5. The van der Waals surface area contributed by atoms with Gasteiger partial charge in [0.1, 0.15) is 0 Å². The zero-order valence-corrected chi connectivity index (χ0v) is 42.3. The van der Waals surface area contributed by atoms with Gasteiger partial charge in [-0.05, 0) is 194 Å². The number of hydrogen-bond donors (Lipinski definition) is 0. The van der Waals surface area contributed by atoms with Crippen LogP contribution in [0.25, 0.3) is 82.8 Å². The first-order valence-corrected chi connectivity index (χ1v) is 28.1. The number of fused-ring (bicyclic) bond motifs is 11. The van der Waals surface area contributed by atoms with E-state index in [1.807, 2.05) is 0 Å². The molecule has 5 fully saturated rings. The molecule has 75 heavy (non-hydrogen) atoms. The zero-order valence-electron chi connectivity index (χ0n) is 42.3. The summed E-state index contributed by atoms with van der Waals surface area (Å²) in [7, 11) is 0. The third kappa shape index (κ3) is 5.65. The highest BCUT2D eigenvalue weighted by atomic mass is 15.1. The molecule has 1 aromatic heterocycles. The zero-order chi connectivity index (χ0) is 49.0. The maximum Gasteiger partial charge on any atom is 0.0547 e. The molecule has 10 aromatic carbocycles. The van der Waals surface area contributed by atoms with Crippen LogP contribution in [-0.4, -0.2) is 4.57 Å². The van der Waals surface area contributed by atoms with Crippen molar-refractivity contribution in [3.05, 3.63) is 241 Å². The van der Waals surface area contributed by atoms with Crippen LogP contribution in [0.2, 0.25) is 0 Å². The van der Waals surface area contributed by atoms with E-state index in [2.05, 4.69) is 234 Å². The van der Waals surface area contributed by atoms with Crippen LogP contribution in [0.15, 0.2) is 224 Å². The minimum absolute atomic E-state index is 0.196. The summed E-state index contributed by atoms with van der Waals surface area (Å²) in [5.41, 5.74) is 23.2. The fraction of sp³-hybridized carbons (Fsp3) is 0.205. The lowest BCUT2D eigenvalue weighted by atomic mass is 9.11. The Bertz CT molecular complexity index is 4100. The van der Waals surface area contributed by atoms with Crippen molar-refractivity contribution in [2.24, 2.45) is 29.1 Å². The van der Waals surface area contributed by atoms with Crippen LogP contribution in [0, 0.1) is 29.1 Å². The summed E-state index contributed by atoms with van der Waals surface area (Å²) in [5.74, 6) is 4.19. The molecule has 0 bridgehead atoms. The summed E-state index contributed by atoms with van der Waals surface area (Å²) in [5, 5.41) is 5.26. The lowest BCUT2D eigenvalue weighted by molar-refractivity contribution is -0.412. The topological polar surface area (TPSA) is 8.17 Å². The van der Waals surface area contributed by atoms with E-state index in [1.165, 1.54) is 145 Å². The van der Waals surface area contributed by atoms with E-state index in [1.54, 1.807) is 11.1 Å². The van der Waals surface area contributed by atoms with Crippen LogP contribution >= 0.6 is 0 Å². The fourth-order valence-corrected chi connectivity index (χ4v) is 17.4. The summed E-state index contributed by atoms with van der Waals surface area (Å²) in [6.45, 7) is 0. The molecule has 17 rings (SSSR count). The number of para-hydroxylation sites is 3. The Balaban J connectivity index is 0.815. The largest absolute Gasteiger partial charge is 0.310 e. The van der Waals surface area contributed by atoms with Gasteiger partial charge in [0, 0.05) is 38.8 Å². The quantitative estimate of drug-likeness (QED) is 0.147. The molecule has 2 nitrogen and oxygen atoms in total. The van der Waals surface area contributed by atoms with Crippen molar-refractivity contribution in [2.75, 3.05) is 4.90 Å². The van der Waals surface area contributed by atoms with E-state index in [4.69, 9.17) is 0 Å². The number of rotatable bonds is 8. The van der Waals surface area contributed by atoms with Crippen molar-refractivity contribution in [1.29, 1.82) is 0 Å². The van der Waals surface area contributed by atoms with E-state index >= 15 is 0 Å². The Kier molecular flexibility index (Phi) is 8.93. The molecule has 4 unspecified atom stereocenters. The SMILES string of the molecule is c1ccc(-n2c3ccccc3c3ccc(-c4cccc(N(c5ccc(-c6ccc7c(c6)C6(c8ccccc8-7)C7CC8CC9CC6C897)cc5)c5ccccc5-c5cccc6cccc(C7CCCCC7)c56)c4)cc32)cc1. The van der Waals surface area contributed by atoms with Gasteiger partial charge in [-0.15, -0.1) is 0 Å². The summed E-state index contributed by atoms with van der Waals surface area (Å²) < 4.78 is 2.43. The van der Waals surface area contributed by atoms with Gasteiger partial charge in [0.2, 0.25) is 0 Å². The molecular weight excluding hydrogens is 905 g/mol. The fourth-order valence-electron chi connectivity index (χ4n) is 17.4. The second kappa shape index (κ2) is 15.8. The summed E-state index contributed by atoms with van der Waals surface area (Å²) in [4.78, 5) is 2.53. The number of aromatic nitrogens is 1. The summed E-state index contributed by atoms with van der Waals surface area (Å²) in [6.07, 6.45) is 10.8. The summed E-state index contributed by atoms with van der Waals surface area (Å²) >= 11 is 0. The molecule has 0 amide bonds. The third-order valence-corrected chi connectivity index (χ3v) is 20.5. The molecular formula is C73H58N2. The molecule has 1 heterocycles. The molecule has 2 heteroatoms. The van der Waals surface area contributed by atoms with Gasteiger partial charge in [0.15, 0.2) is 0 Å². The van der Waals surface area contributed by atoms with Crippen molar-refractivity contribution in [1.82, 2.24) is 4.57 Å². The molecule has 0 radical (unpaired) electrons. The minimum Gasteiger partial charge on any atom is -0.310 e. The van der Waals surface area contributed by atoms with E-state index < -0.39 is 0 Å². The molecule has 2 spiro atoms. The molecule has 5 saturated carbocycles. The van der Waals surface area contributed by atoms with E-state index in [-0.39, 0.29) is 5.41 Å². The van der Waals surface area contributed by atoms with Gasteiger partial charge in [-0.1, -0.05) is 183 Å². The smallest absolute Gasteiger partial charge is 0.0547 e. The first-order chi connectivity index (χ1) is 37.2. The Morgan fingerprint density at radius 1 is 0.413 bits per heavy atom. The van der Waals surface area contributed by atoms with Crippen LogP contribution in [0.1, 0.15) is 74.0 Å². The predicted molar refractivity (Wildman–Crippen MR) is 312 cm³/mol. The molecule has 360 valence electrons. The van der Waals surface area contributed by atoms with E-state index in [0.717, 1.165) is 35.0 Å². The second-order valence-corrected chi connectivity index (χ2v) is 23.3. The van der Waals surface area contributed by atoms with Crippen molar-refractivity contribution < 1.29 is 0 Å². The van der Waals surface area contributed by atoms with Gasteiger partial charge in [-0.3, -0.25) is 0 Å². The van der Waals surface area contributed by atoms with Gasteiger partial charge >= 0.3 is 0 Å². The Morgan fingerprint density at radius 3 is 1.91 bits per heavy atom. The molecule has 0 aliphatic heterocycles. The van der Waals surface area contributed by atoms with Gasteiger partial charge in [0.25, 0.3) is 0 Å². The van der Waals surface area contributed by atoms with Crippen LogP contribution in [0.4, 0.5) is 17.1 Å². The number of nitrogens with zero attached hydrogens (tertiary/aromatic N) is 2. The van der Waals surface area contributed by atoms with E-state index in [9.17, 15) is 0 Å². The van der Waals surface area contributed by atoms with Gasteiger partial charge in [-0.2, -0.15) is 0 Å². The monoisotopic (exact) mass is 962 g/mol. The molecule has 6 aliphatic carbocycles. The maximum atomic E-state index is 2.63. The second-order valence-electron chi connectivity index (χ2n) is 23.3. The van der Waals surface area contributed by atoms with Gasteiger partial charge in [0.05, 0.1) is 16.7 Å². The molecule has 0 N–H and O–H groups in total. The Morgan fingerprint density at radius 2 is 1.07 bits per heavy atom. The molecule has 4 atom stereocenters.